The first-order valence-corrected chi connectivity index (χ1v) is 43.7. The molecule has 6 fully saturated rings. The summed E-state index contributed by atoms with van der Waals surface area (Å²) >= 11 is 10.2. The monoisotopic (exact) mass is 1880 g/mol. The molecule has 3 aliphatic carbocycles. The average molecular weight is 1880 g/mol. The minimum atomic E-state index is -1.01. The van der Waals surface area contributed by atoms with Crippen molar-refractivity contribution in [3.63, 3.8) is 0 Å². The highest BCUT2D eigenvalue weighted by molar-refractivity contribution is 9.11. The summed E-state index contributed by atoms with van der Waals surface area (Å²) in [5.41, 5.74) is 9.02. The molecular formula is C91H97Br3N14O16. The van der Waals surface area contributed by atoms with Crippen molar-refractivity contribution in [1.82, 2.24) is 69.6 Å². The van der Waals surface area contributed by atoms with Crippen LogP contribution in [0.3, 0.4) is 0 Å². The molecule has 9 aromatic rings. The number of carbonyl (C=O) groups is 8. The van der Waals surface area contributed by atoms with Crippen LogP contribution in [-0.2, 0) is 109 Å². The van der Waals surface area contributed by atoms with Crippen molar-refractivity contribution in [1.29, 1.82) is 0 Å². The molecule has 9 atom stereocenters. The van der Waals surface area contributed by atoms with E-state index in [1.165, 1.54) is 18.5 Å². The number of Topliss-reactive ketones (excluding diaryl/α,β-unsaturated/α-hetero) is 5. The lowest BCUT2D eigenvalue weighted by Gasteiger charge is -2.30. The van der Waals surface area contributed by atoms with E-state index >= 15 is 0 Å². The number of fused-ring (bicyclic) bond motifs is 8. The van der Waals surface area contributed by atoms with E-state index in [4.69, 9.17) is 38.3 Å². The fraction of sp³-hybridized carbons (Fsp3) is 0.440. The highest BCUT2D eigenvalue weighted by atomic mass is 79.9. The van der Waals surface area contributed by atoms with Crippen LogP contribution in [0.1, 0.15) is 140 Å². The van der Waals surface area contributed by atoms with Gasteiger partial charge in [0.05, 0.1) is 145 Å². The van der Waals surface area contributed by atoms with Crippen LogP contribution < -0.4 is 5.32 Å². The Kier molecular flexibility index (Phi) is 27.2. The highest BCUT2D eigenvalue weighted by Crippen LogP contribution is 2.62. The molecule has 18 rings (SSSR count). The molecule has 2 amide bonds. The Morgan fingerprint density at radius 3 is 1.31 bits per heavy atom. The molecule has 0 radical (unpaired) electrons. The molecular weight excluding hydrogens is 1780 g/mol. The number of halogens is 3. The molecule has 9 aliphatic rings. The summed E-state index contributed by atoms with van der Waals surface area (Å²) < 4.78 is 45.5. The van der Waals surface area contributed by atoms with Gasteiger partial charge in [-0.25, -0.2) is 39.7 Å². The first-order chi connectivity index (χ1) is 59.5. The molecule has 0 unspecified atom stereocenters. The van der Waals surface area contributed by atoms with Crippen molar-refractivity contribution in [3.05, 3.63) is 205 Å². The third-order valence-corrected chi connectivity index (χ3v) is 25.2. The van der Waals surface area contributed by atoms with Crippen molar-refractivity contribution in [3.8, 4) is 22.3 Å². The number of carboxylic acid groups (broad SMARTS) is 1. The second-order valence-corrected chi connectivity index (χ2v) is 36.4. The Balaban J connectivity index is 0.000000134. The van der Waals surface area contributed by atoms with Gasteiger partial charge in [0.2, 0.25) is 5.91 Å². The summed E-state index contributed by atoms with van der Waals surface area (Å²) in [6.07, 6.45) is 23.5. The Labute approximate surface area is 741 Å². The highest BCUT2D eigenvalue weighted by Gasteiger charge is 2.69. The van der Waals surface area contributed by atoms with Gasteiger partial charge in [-0.15, -0.1) is 0 Å². The van der Waals surface area contributed by atoms with Crippen LogP contribution in [-0.4, -0.2) is 218 Å². The first-order valence-electron chi connectivity index (χ1n) is 41.4. The van der Waals surface area contributed by atoms with Gasteiger partial charge in [-0.05, 0) is 191 Å². The Bertz CT molecular complexity index is 5700. The molecule has 13 heterocycles. The van der Waals surface area contributed by atoms with E-state index in [0.29, 0.717) is 152 Å². The predicted molar refractivity (Wildman–Crippen MR) is 465 cm³/mol. The molecule has 3 saturated heterocycles. The Morgan fingerprint density at radius 1 is 0.492 bits per heavy atom. The van der Waals surface area contributed by atoms with Gasteiger partial charge < -0.3 is 48.5 Å². The van der Waals surface area contributed by atoms with Gasteiger partial charge >= 0.3 is 12.1 Å². The zero-order valence-corrected chi connectivity index (χ0v) is 74.7. The van der Waals surface area contributed by atoms with Gasteiger partial charge in [-0.1, -0.05) is 66.8 Å². The number of nitrogens with zero attached hydrogens (tertiary/aromatic N) is 13. The molecule has 3 saturated carbocycles. The minimum Gasteiger partial charge on any atom is -0.480 e. The number of pyridine rings is 3. The first kappa shape index (κ1) is 88.8. The maximum absolute atomic E-state index is 14.2. The fourth-order valence-corrected chi connectivity index (χ4v) is 18.4. The van der Waals surface area contributed by atoms with Crippen LogP contribution in [0.5, 0.6) is 0 Å². The SMILES string of the molecule is CC(=O)c1nn(CC(=O)N2[C@H]3C[C@@]4(COCC=CCOCc5ccc(Br)nc5CC3=O)C[C@@H]24)c2ccc(-c3cnc(C)nc3)cc12.CC(=O)c1nn(CC(=O)O)c2ccc(-c3cnc(C)nc3)cc12.CC(C)(C)OC(=O)N1[C@H]2C[C@@]3(COCC=CCOCc4ccc(Br)nc4CC2=O)C[C@@H]13.O=C1Cc2nc(Br)ccc2COCC=CCOC[C@@]23C[C@@H]1N[C@@H]2C3. The topological polar surface area (TPSA) is 366 Å². The van der Waals surface area contributed by atoms with Gasteiger partial charge in [0.15, 0.2) is 28.9 Å². The maximum Gasteiger partial charge on any atom is 0.411 e. The maximum atomic E-state index is 14.2. The van der Waals surface area contributed by atoms with Crippen molar-refractivity contribution in [2.45, 2.75) is 181 Å². The molecule has 124 heavy (non-hydrogen) atoms. The molecule has 2 aromatic carbocycles. The fourth-order valence-electron chi connectivity index (χ4n) is 17.3. The lowest BCUT2D eigenvalue weighted by molar-refractivity contribution is -0.139. The average Bonchev–Trinajstić information content (AvgIpc) is 1.55. The van der Waals surface area contributed by atoms with Crippen LogP contribution in [0.25, 0.3) is 44.1 Å². The summed E-state index contributed by atoms with van der Waals surface area (Å²) in [5.74, 6) is -0.197. The number of aryl methyl sites for hydroxylation is 2. The number of likely N-dealkylation sites (tertiary alicyclic amines) is 2. The number of hydrogen-bond acceptors (Lipinski definition) is 25. The number of carboxylic acids is 1. The van der Waals surface area contributed by atoms with Crippen LogP contribution >= 0.6 is 47.8 Å². The number of nitrogens with one attached hydrogen (secondary N) is 1. The number of aromatic nitrogens is 11. The summed E-state index contributed by atoms with van der Waals surface area (Å²) in [5, 5.41) is 22.4. The number of ketones is 5. The molecule has 6 aliphatic heterocycles. The normalized spacial score (nSPS) is 24.2. The second-order valence-electron chi connectivity index (χ2n) is 34.0. The van der Waals surface area contributed by atoms with Crippen LogP contribution in [0.4, 0.5) is 4.79 Å². The van der Waals surface area contributed by atoms with E-state index in [1.54, 1.807) is 52.3 Å². The Hall–Kier alpha value is -10.1. The van der Waals surface area contributed by atoms with Crippen LogP contribution in [0.2, 0.25) is 0 Å². The number of ether oxygens (including phenoxy) is 7. The quantitative estimate of drug-likeness (QED) is 0.0810. The largest absolute Gasteiger partial charge is 0.480 e. The van der Waals surface area contributed by atoms with Crippen molar-refractivity contribution in [2.75, 3.05) is 59.5 Å². The summed E-state index contributed by atoms with van der Waals surface area (Å²) in [7, 11) is 0. The van der Waals surface area contributed by atoms with Gasteiger partial charge in [0, 0.05) is 94.9 Å². The van der Waals surface area contributed by atoms with Gasteiger partial charge in [-0.3, -0.25) is 47.8 Å². The van der Waals surface area contributed by atoms with Crippen LogP contribution in [0.15, 0.2) is 148 Å². The lowest BCUT2D eigenvalue weighted by atomic mass is 9.95. The lowest BCUT2D eigenvalue weighted by Crippen LogP contribution is -2.46. The zero-order valence-electron chi connectivity index (χ0n) is 69.9. The summed E-state index contributed by atoms with van der Waals surface area (Å²) in [6.45, 7) is 17.4. The van der Waals surface area contributed by atoms with Crippen molar-refractivity contribution in [2.24, 2.45) is 16.2 Å². The van der Waals surface area contributed by atoms with Gasteiger partial charge in [-0.2, -0.15) is 10.2 Å². The number of hydrogen-bond donors (Lipinski definition) is 2. The van der Waals surface area contributed by atoms with E-state index in [1.807, 2.05) is 131 Å². The third kappa shape index (κ3) is 20.7. The molecule has 2 N–H and O–H groups in total. The van der Waals surface area contributed by atoms with E-state index in [9.17, 15) is 38.4 Å². The number of carbonyl (C=O) groups excluding carboxylic acids is 7. The third-order valence-electron chi connectivity index (χ3n) is 23.9. The van der Waals surface area contributed by atoms with Crippen molar-refractivity contribution >= 4 is 116 Å². The molecule has 3 spiro atoms. The molecule has 30 nitrogen and oxygen atoms in total. The number of piperidine rings is 3. The minimum absolute atomic E-state index is 0.0218. The van der Waals surface area contributed by atoms with Crippen LogP contribution in [0, 0.1) is 30.1 Å². The number of aliphatic carboxylic acids is 1. The summed E-state index contributed by atoms with van der Waals surface area (Å²) in [4.78, 5) is 137. The summed E-state index contributed by atoms with van der Waals surface area (Å²) in [6, 6.07) is 21.5. The van der Waals surface area contributed by atoms with E-state index in [0.717, 1.165) is 81.5 Å². The smallest absolute Gasteiger partial charge is 0.411 e. The number of rotatable bonds is 8. The molecule has 7 aromatic heterocycles. The number of benzene rings is 2. The van der Waals surface area contributed by atoms with E-state index < -0.39 is 29.7 Å². The van der Waals surface area contributed by atoms with Gasteiger partial charge in [0.1, 0.15) is 55.5 Å². The molecule has 33 heteroatoms. The molecule has 6 bridgehead atoms. The van der Waals surface area contributed by atoms with E-state index in [2.05, 4.69) is 98.2 Å². The van der Waals surface area contributed by atoms with Crippen molar-refractivity contribution < 1.29 is 76.6 Å². The van der Waals surface area contributed by atoms with E-state index in [-0.39, 0.29) is 107 Å². The zero-order chi connectivity index (χ0) is 87.4. The molecule has 648 valence electrons. The standard InChI is InChI=1S/C34H33BrN6O5.C23H29BrN2O5.C18H21BrN2O3.C16H14N4O3/c1-20(42)33-25-11-22(24-15-36-21(2)37-16-24)5-7-27(25)40(39-33)17-32(44)41-28-13-34(14-30(34)41)19-46-10-4-3-9-45-18-23-6-8-31(35)38-26(23)12-29(28)43;1-22(2,3)31-21(28)26-17-11-23(12-19(23)26)14-30-9-5-4-8-29-13-15-6-7-20(24)25-16(15)10-18(17)27;19-17-4-3-12-10-23-5-1-2-6-24-11-18-8-14(20-16(18)9-18)15(22)7-13(12)21-17;1-9(21)16-13-5-11(12-6-17-10(2)18-7-12)3-4-14(13)20(19-16)8-15(22)23/h3-8,11,15-16,28,30H,9-10,12-14,17-19H2,1-2H3;4-7,17,19H,8-14H2,1-3H3;1-4,14,16,20H,5-11H2;3-7H,8H2,1-2H3,(H,22,23)/t28-,30+,34-;17-,19+,23-;14-,16+,18-;/m000./s1. The van der Waals surface area contributed by atoms with Gasteiger partial charge in [0.25, 0.3) is 0 Å². The Morgan fingerprint density at radius 2 is 0.887 bits per heavy atom. The predicted octanol–water partition coefficient (Wildman–Crippen LogP) is 12.5. The second kappa shape index (κ2) is 38.0. The number of amides is 2.